The Balaban J connectivity index is 1.84. The highest BCUT2D eigenvalue weighted by atomic mass is 35.5. The van der Waals surface area contributed by atoms with Crippen LogP contribution in [-0.2, 0) is 6.54 Å². The quantitative estimate of drug-likeness (QED) is 0.607. The molecular weight excluding hydrogens is 356 g/mol. The largest absolute Gasteiger partial charge is 0.378 e. The molecule has 26 heavy (non-hydrogen) atoms. The number of hydrogen-bond acceptors (Lipinski definition) is 7. The molecule has 0 bridgehead atoms. The molecule has 1 aliphatic rings. The number of anilines is 3. The van der Waals surface area contributed by atoms with Gasteiger partial charge in [-0.1, -0.05) is 30.7 Å². The van der Waals surface area contributed by atoms with E-state index in [4.69, 9.17) is 17.3 Å². The Morgan fingerprint density at radius 2 is 1.96 bits per heavy atom. The van der Waals surface area contributed by atoms with Crippen molar-refractivity contribution in [1.82, 2.24) is 9.97 Å². The first-order valence-electron chi connectivity index (χ1n) is 8.49. The molecule has 0 radical (unpaired) electrons. The van der Waals surface area contributed by atoms with Gasteiger partial charge in [0.1, 0.15) is 0 Å². The van der Waals surface area contributed by atoms with E-state index in [0.29, 0.717) is 17.5 Å². The molecule has 0 atom stereocenters. The standard InChI is InChI=1S/C17H21ClN6O2/c1-11-6-8-23(9-7-11)16-14(24(25)26)15(19)21-17(22-16)20-10-12-2-4-13(18)5-3-12/h2-5,11H,6-10H2,1H3,(H3,19,20,21,22). The lowest BCUT2D eigenvalue weighted by molar-refractivity contribution is -0.383. The predicted molar refractivity (Wildman–Crippen MR) is 102 cm³/mol. The van der Waals surface area contributed by atoms with Gasteiger partial charge in [0.15, 0.2) is 0 Å². The number of rotatable bonds is 5. The van der Waals surface area contributed by atoms with Crippen LogP contribution in [0, 0.1) is 16.0 Å². The number of halogens is 1. The lowest BCUT2D eigenvalue weighted by atomic mass is 9.99. The van der Waals surface area contributed by atoms with Crippen LogP contribution >= 0.6 is 11.6 Å². The zero-order valence-corrected chi connectivity index (χ0v) is 15.2. The van der Waals surface area contributed by atoms with E-state index in [2.05, 4.69) is 22.2 Å². The number of nitrogens with two attached hydrogens (primary N) is 1. The number of nitro groups is 1. The molecule has 0 saturated carbocycles. The third-order valence-corrected chi connectivity index (χ3v) is 4.77. The minimum atomic E-state index is -0.508. The van der Waals surface area contributed by atoms with Gasteiger partial charge in [-0.05, 0) is 36.5 Å². The van der Waals surface area contributed by atoms with Gasteiger partial charge in [0.25, 0.3) is 0 Å². The van der Waals surface area contributed by atoms with Gasteiger partial charge >= 0.3 is 5.69 Å². The van der Waals surface area contributed by atoms with Crippen LogP contribution in [0.5, 0.6) is 0 Å². The molecule has 1 saturated heterocycles. The molecular formula is C17H21ClN6O2. The van der Waals surface area contributed by atoms with Gasteiger partial charge < -0.3 is 16.0 Å². The molecule has 3 N–H and O–H groups in total. The molecule has 9 heteroatoms. The average Bonchev–Trinajstić information content (AvgIpc) is 2.61. The average molecular weight is 377 g/mol. The molecule has 0 unspecified atom stereocenters. The van der Waals surface area contributed by atoms with Crippen molar-refractivity contribution in [3.8, 4) is 0 Å². The fraction of sp³-hybridized carbons (Fsp3) is 0.412. The van der Waals surface area contributed by atoms with E-state index >= 15 is 0 Å². The van der Waals surface area contributed by atoms with Gasteiger partial charge in [-0.3, -0.25) is 10.1 Å². The highest BCUT2D eigenvalue weighted by Gasteiger charge is 2.29. The summed E-state index contributed by atoms with van der Waals surface area (Å²) in [6.45, 7) is 4.08. The van der Waals surface area contributed by atoms with Crippen molar-refractivity contribution >= 4 is 34.9 Å². The number of nitrogen functional groups attached to an aromatic ring is 1. The second-order valence-electron chi connectivity index (χ2n) is 6.51. The van der Waals surface area contributed by atoms with Crippen molar-refractivity contribution in [2.75, 3.05) is 29.0 Å². The topological polar surface area (TPSA) is 110 Å². The normalized spacial score (nSPS) is 15.1. The Morgan fingerprint density at radius 3 is 2.58 bits per heavy atom. The van der Waals surface area contributed by atoms with Crippen LogP contribution in [0.15, 0.2) is 24.3 Å². The van der Waals surface area contributed by atoms with E-state index in [1.165, 1.54) is 0 Å². The highest BCUT2D eigenvalue weighted by molar-refractivity contribution is 6.30. The van der Waals surface area contributed by atoms with Crippen LogP contribution in [0.25, 0.3) is 0 Å². The van der Waals surface area contributed by atoms with E-state index in [1.54, 1.807) is 12.1 Å². The number of hydrogen-bond donors (Lipinski definition) is 2. The summed E-state index contributed by atoms with van der Waals surface area (Å²) in [5.41, 5.74) is 6.63. The fourth-order valence-corrected chi connectivity index (χ4v) is 3.06. The third-order valence-electron chi connectivity index (χ3n) is 4.52. The Hall–Kier alpha value is -2.61. The maximum absolute atomic E-state index is 11.5. The van der Waals surface area contributed by atoms with Gasteiger partial charge in [0.05, 0.1) is 4.92 Å². The van der Waals surface area contributed by atoms with Crippen LogP contribution in [0.3, 0.4) is 0 Å². The summed E-state index contributed by atoms with van der Waals surface area (Å²) in [4.78, 5) is 21.3. The van der Waals surface area contributed by atoms with Crippen molar-refractivity contribution in [3.63, 3.8) is 0 Å². The number of benzene rings is 1. The lowest BCUT2D eigenvalue weighted by Gasteiger charge is -2.31. The first-order valence-corrected chi connectivity index (χ1v) is 8.87. The lowest BCUT2D eigenvalue weighted by Crippen LogP contribution is -2.34. The molecule has 0 aliphatic carbocycles. The molecule has 2 heterocycles. The van der Waals surface area contributed by atoms with Crippen molar-refractivity contribution < 1.29 is 4.92 Å². The molecule has 1 fully saturated rings. The van der Waals surface area contributed by atoms with Crippen molar-refractivity contribution in [2.45, 2.75) is 26.3 Å². The second kappa shape index (κ2) is 7.74. The van der Waals surface area contributed by atoms with Gasteiger partial charge in [0.2, 0.25) is 17.6 Å². The Kier molecular flexibility index (Phi) is 5.41. The second-order valence-corrected chi connectivity index (χ2v) is 6.95. The minimum Gasteiger partial charge on any atom is -0.378 e. The van der Waals surface area contributed by atoms with Crippen LogP contribution in [-0.4, -0.2) is 28.0 Å². The molecule has 138 valence electrons. The number of nitrogens with zero attached hydrogens (tertiary/aromatic N) is 4. The molecule has 3 rings (SSSR count). The first-order chi connectivity index (χ1) is 12.4. The van der Waals surface area contributed by atoms with Crippen LogP contribution in [0.2, 0.25) is 5.02 Å². The summed E-state index contributed by atoms with van der Waals surface area (Å²) in [7, 11) is 0. The minimum absolute atomic E-state index is 0.128. The molecule has 1 aromatic carbocycles. The van der Waals surface area contributed by atoms with E-state index in [-0.39, 0.29) is 23.3 Å². The van der Waals surface area contributed by atoms with Gasteiger partial charge in [-0.25, -0.2) is 0 Å². The summed E-state index contributed by atoms with van der Waals surface area (Å²) in [6, 6.07) is 7.36. The van der Waals surface area contributed by atoms with E-state index < -0.39 is 4.92 Å². The van der Waals surface area contributed by atoms with Crippen molar-refractivity contribution in [3.05, 3.63) is 45.0 Å². The van der Waals surface area contributed by atoms with Crippen LogP contribution < -0.4 is 16.0 Å². The Labute approximate surface area is 156 Å². The van der Waals surface area contributed by atoms with Crippen molar-refractivity contribution in [2.24, 2.45) is 5.92 Å². The summed E-state index contributed by atoms with van der Waals surface area (Å²) in [5, 5.41) is 15.2. The van der Waals surface area contributed by atoms with Crippen molar-refractivity contribution in [1.29, 1.82) is 0 Å². The predicted octanol–water partition coefficient (Wildman–Crippen LogP) is 3.47. The summed E-state index contributed by atoms with van der Waals surface area (Å²) >= 11 is 5.88. The molecule has 8 nitrogen and oxygen atoms in total. The molecule has 1 aromatic heterocycles. The summed E-state index contributed by atoms with van der Waals surface area (Å²) < 4.78 is 0. The van der Waals surface area contributed by atoms with Gasteiger partial charge in [-0.2, -0.15) is 9.97 Å². The third kappa shape index (κ3) is 4.13. The maximum Gasteiger partial charge on any atom is 0.353 e. The van der Waals surface area contributed by atoms with E-state index in [1.807, 2.05) is 17.0 Å². The number of piperidine rings is 1. The molecule has 1 aliphatic heterocycles. The first kappa shape index (κ1) is 18.2. The van der Waals surface area contributed by atoms with Crippen LogP contribution in [0.4, 0.5) is 23.3 Å². The van der Waals surface area contributed by atoms with Gasteiger partial charge in [0, 0.05) is 24.7 Å². The smallest absolute Gasteiger partial charge is 0.353 e. The van der Waals surface area contributed by atoms with Gasteiger partial charge in [-0.15, -0.1) is 0 Å². The summed E-state index contributed by atoms with van der Waals surface area (Å²) in [5.74, 6) is 1.04. The molecule has 0 spiro atoms. The Morgan fingerprint density at radius 1 is 1.31 bits per heavy atom. The zero-order chi connectivity index (χ0) is 18.7. The fourth-order valence-electron chi connectivity index (χ4n) is 2.94. The van der Waals surface area contributed by atoms with E-state index in [0.717, 1.165) is 31.5 Å². The molecule has 0 amide bonds. The number of nitrogens with one attached hydrogen (secondary N) is 1. The Bertz CT molecular complexity index is 791. The molecule has 2 aromatic rings. The highest BCUT2D eigenvalue weighted by Crippen LogP contribution is 2.34. The summed E-state index contributed by atoms with van der Waals surface area (Å²) in [6.07, 6.45) is 1.93. The zero-order valence-electron chi connectivity index (χ0n) is 14.5. The van der Waals surface area contributed by atoms with Crippen LogP contribution in [0.1, 0.15) is 25.3 Å². The number of aromatic nitrogens is 2. The van der Waals surface area contributed by atoms with E-state index in [9.17, 15) is 10.1 Å². The SMILES string of the molecule is CC1CCN(c2nc(NCc3ccc(Cl)cc3)nc(N)c2[N+](=O)[O-])CC1. The maximum atomic E-state index is 11.5. The monoisotopic (exact) mass is 376 g/mol.